The monoisotopic (exact) mass is 295 g/mol. The lowest BCUT2D eigenvalue weighted by Crippen LogP contribution is -2.47. The normalized spacial score (nSPS) is 20.9. The highest BCUT2D eigenvalue weighted by atomic mass is 32.2. The van der Waals surface area contributed by atoms with Crippen LogP contribution in [0.5, 0.6) is 5.75 Å². The van der Waals surface area contributed by atoms with E-state index < -0.39 is 5.97 Å². The fourth-order valence-corrected chi connectivity index (χ4v) is 2.74. The maximum absolute atomic E-state index is 11.7. The number of hydrogen-bond donors (Lipinski definition) is 2. The van der Waals surface area contributed by atoms with Gasteiger partial charge in [-0.15, -0.1) is 11.8 Å². The second kappa shape index (κ2) is 6.65. The number of ether oxygens (including phenoxy) is 1. The molecule has 0 unspecified atom stereocenters. The van der Waals surface area contributed by atoms with Gasteiger partial charge in [-0.05, 0) is 37.1 Å². The van der Waals surface area contributed by atoms with Crippen LogP contribution in [-0.2, 0) is 9.59 Å². The van der Waals surface area contributed by atoms with Gasteiger partial charge in [0.15, 0.2) is 0 Å². The van der Waals surface area contributed by atoms with Gasteiger partial charge < -0.3 is 15.2 Å². The summed E-state index contributed by atoms with van der Waals surface area (Å²) in [5.41, 5.74) is 0. The Hall–Kier alpha value is -1.69. The number of aliphatic carboxylic acids is 1. The van der Waals surface area contributed by atoms with Crippen molar-refractivity contribution in [2.24, 2.45) is 5.92 Å². The van der Waals surface area contributed by atoms with Gasteiger partial charge in [0, 0.05) is 10.9 Å². The van der Waals surface area contributed by atoms with Crippen LogP contribution in [0.1, 0.15) is 12.8 Å². The van der Waals surface area contributed by atoms with Gasteiger partial charge in [-0.3, -0.25) is 9.59 Å². The highest BCUT2D eigenvalue weighted by Crippen LogP contribution is 2.27. The average Bonchev–Trinajstić information content (AvgIpc) is 2.40. The first-order valence-corrected chi connectivity index (χ1v) is 7.36. The van der Waals surface area contributed by atoms with E-state index >= 15 is 0 Å². The zero-order valence-electron chi connectivity index (χ0n) is 11.2. The van der Waals surface area contributed by atoms with Crippen LogP contribution in [0.2, 0.25) is 0 Å². The summed E-state index contributed by atoms with van der Waals surface area (Å²) < 4.78 is 5.06. The first-order chi connectivity index (χ1) is 9.58. The van der Waals surface area contributed by atoms with E-state index in [0.29, 0.717) is 18.6 Å². The molecule has 0 heterocycles. The van der Waals surface area contributed by atoms with E-state index in [-0.39, 0.29) is 17.9 Å². The minimum absolute atomic E-state index is 0.0140. The van der Waals surface area contributed by atoms with E-state index in [2.05, 4.69) is 5.32 Å². The third kappa shape index (κ3) is 3.90. The molecule has 0 aromatic heterocycles. The van der Waals surface area contributed by atoms with Crippen LogP contribution in [0.3, 0.4) is 0 Å². The molecule has 0 spiro atoms. The molecule has 0 bridgehead atoms. The van der Waals surface area contributed by atoms with Crippen LogP contribution >= 0.6 is 11.8 Å². The molecule has 1 aliphatic carbocycles. The zero-order chi connectivity index (χ0) is 14.5. The van der Waals surface area contributed by atoms with Gasteiger partial charge in [-0.25, -0.2) is 0 Å². The molecule has 5 nitrogen and oxygen atoms in total. The molecule has 1 aromatic rings. The van der Waals surface area contributed by atoms with Crippen LogP contribution in [-0.4, -0.2) is 35.9 Å². The standard InChI is InChI=1S/C14H17NO4S/c1-19-11-2-4-12(5-3-11)20-8-13(16)15-10-6-9(7-10)14(17)18/h2-5,9-10H,6-8H2,1H3,(H,15,16)(H,17,18). The Balaban J connectivity index is 1.69. The Morgan fingerprint density at radius 1 is 1.35 bits per heavy atom. The molecule has 1 aliphatic rings. The smallest absolute Gasteiger partial charge is 0.306 e. The quantitative estimate of drug-likeness (QED) is 0.782. The van der Waals surface area contributed by atoms with Crippen molar-refractivity contribution in [3.8, 4) is 5.75 Å². The number of amides is 1. The van der Waals surface area contributed by atoms with Crippen molar-refractivity contribution in [2.75, 3.05) is 12.9 Å². The number of methoxy groups -OCH3 is 1. The molecular weight excluding hydrogens is 278 g/mol. The number of hydrogen-bond acceptors (Lipinski definition) is 4. The molecule has 2 N–H and O–H groups in total. The number of carbonyl (C=O) groups excluding carboxylic acids is 1. The fraction of sp³-hybridized carbons (Fsp3) is 0.429. The highest BCUT2D eigenvalue weighted by Gasteiger charge is 2.35. The molecule has 0 atom stereocenters. The molecule has 1 fully saturated rings. The van der Waals surface area contributed by atoms with Gasteiger partial charge in [0.25, 0.3) is 0 Å². The summed E-state index contributed by atoms with van der Waals surface area (Å²) in [7, 11) is 1.61. The van der Waals surface area contributed by atoms with Crippen LogP contribution in [0.25, 0.3) is 0 Å². The molecule has 1 aromatic carbocycles. The first-order valence-electron chi connectivity index (χ1n) is 6.37. The van der Waals surface area contributed by atoms with Crippen molar-refractivity contribution in [1.82, 2.24) is 5.32 Å². The zero-order valence-corrected chi connectivity index (χ0v) is 12.0. The predicted molar refractivity (Wildman–Crippen MR) is 76.0 cm³/mol. The third-order valence-electron chi connectivity index (χ3n) is 3.28. The number of rotatable bonds is 6. The minimum atomic E-state index is -0.775. The summed E-state index contributed by atoms with van der Waals surface area (Å²) >= 11 is 1.45. The van der Waals surface area contributed by atoms with Crippen LogP contribution < -0.4 is 10.1 Å². The number of carbonyl (C=O) groups is 2. The summed E-state index contributed by atoms with van der Waals surface area (Å²) in [5.74, 6) is -0.00843. The predicted octanol–water partition coefficient (Wildman–Crippen LogP) is 1.77. The second-order valence-electron chi connectivity index (χ2n) is 4.74. The first kappa shape index (κ1) is 14.7. The maximum atomic E-state index is 11.7. The molecule has 0 radical (unpaired) electrons. The van der Waals surface area contributed by atoms with Gasteiger partial charge in [0.2, 0.25) is 5.91 Å². The highest BCUT2D eigenvalue weighted by molar-refractivity contribution is 8.00. The molecule has 2 rings (SSSR count). The van der Waals surface area contributed by atoms with Crippen molar-refractivity contribution in [2.45, 2.75) is 23.8 Å². The molecule has 6 heteroatoms. The molecular formula is C14H17NO4S. The van der Waals surface area contributed by atoms with Gasteiger partial charge >= 0.3 is 5.97 Å². The molecule has 108 valence electrons. The second-order valence-corrected chi connectivity index (χ2v) is 5.78. The van der Waals surface area contributed by atoms with Crippen molar-refractivity contribution in [3.05, 3.63) is 24.3 Å². The topological polar surface area (TPSA) is 75.6 Å². The number of carboxylic acids is 1. The Morgan fingerprint density at radius 3 is 2.55 bits per heavy atom. The number of nitrogens with one attached hydrogen (secondary N) is 1. The molecule has 0 saturated heterocycles. The van der Waals surface area contributed by atoms with E-state index in [1.165, 1.54) is 11.8 Å². The van der Waals surface area contributed by atoms with E-state index in [0.717, 1.165) is 10.6 Å². The van der Waals surface area contributed by atoms with Crippen molar-refractivity contribution >= 4 is 23.6 Å². The Kier molecular flexibility index (Phi) is 4.89. The van der Waals surface area contributed by atoms with Gasteiger partial charge in [0.05, 0.1) is 18.8 Å². The summed E-state index contributed by atoms with van der Waals surface area (Å²) in [6.07, 6.45) is 1.07. The van der Waals surface area contributed by atoms with E-state index in [4.69, 9.17) is 9.84 Å². The summed E-state index contributed by atoms with van der Waals surface area (Å²) in [6.45, 7) is 0. The SMILES string of the molecule is COc1ccc(SCC(=O)NC2CC(C(=O)O)C2)cc1. The van der Waals surface area contributed by atoms with Gasteiger partial charge in [0.1, 0.15) is 5.75 Å². The molecule has 1 saturated carbocycles. The van der Waals surface area contributed by atoms with E-state index in [9.17, 15) is 9.59 Å². The minimum Gasteiger partial charge on any atom is -0.497 e. The Labute approximate surface area is 121 Å². The maximum Gasteiger partial charge on any atom is 0.306 e. The van der Waals surface area contributed by atoms with Gasteiger partial charge in [-0.2, -0.15) is 0 Å². The molecule has 1 amide bonds. The van der Waals surface area contributed by atoms with E-state index in [1.807, 2.05) is 24.3 Å². The lowest BCUT2D eigenvalue weighted by molar-refractivity contribution is -0.146. The van der Waals surface area contributed by atoms with Crippen molar-refractivity contribution in [1.29, 1.82) is 0 Å². The number of thioether (sulfide) groups is 1. The molecule has 20 heavy (non-hydrogen) atoms. The Bertz CT molecular complexity index is 482. The van der Waals surface area contributed by atoms with Crippen LogP contribution in [0, 0.1) is 5.92 Å². The summed E-state index contributed by atoms with van der Waals surface area (Å²) in [6, 6.07) is 7.52. The lowest BCUT2D eigenvalue weighted by atomic mass is 9.80. The van der Waals surface area contributed by atoms with Crippen LogP contribution in [0.4, 0.5) is 0 Å². The number of benzene rings is 1. The third-order valence-corrected chi connectivity index (χ3v) is 4.29. The number of carboxylic acid groups (broad SMARTS) is 1. The van der Waals surface area contributed by atoms with Crippen molar-refractivity contribution in [3.63, 3.8) is 0 Å². The molecule has 0 aliphatic heterocycles. The Morgan fingerprint density at radius 2 is 2.00 bits per heavy atom. The largest absolute Gasteiger partial charge is 0.497 e. The summed E-state index contributed by atoms with van der Waals surface area (Å²) in [5, 5.41) is 11.6. The summed E-state index contributed by atoms with van der Waals surface area (Å²) in [4.78, 5) is 23.4. The van der Waals surface area contributed by atoms with E-state index in [1.54, 1.807) is 7.11 Å². The van der Waals surface area contributed by atoms with Crippen molar-refractivity contribution < 1.29 is 19.4 Å². The van der Waals surface area contributed by atoms with Gasteiger partial charge in [-0.1, -0.05) is 0 Å². The fourth-order valence-electron chi connectivity index (χ4n) is 2.03. The average molecular weight is 295 g/mol. The van der Waals surface area contributed by atoms with Crippen LogP contribution in [0.15, 0.2) is 29.2 Å². The lowest BCUT2D eigenvalue weighted by Gasteiger charge is -2.32.